The summed E-state index contributed by atoms with van der Waals surface area (Å²) in [4.78, 5) is 13.7. The van der Waals surface area contributed by atoms with Gasteiger partial charge in [-0.2, -0.15) is 0 Å². The van der Waals surface area contributed by atoms with Crippen molar-refractivity contribution in [2.75, 3.05) is 16.8 Å². The van der Waals surface area contributed by atoms with Gasteiger partial charge in [0.15, 0.2) is 0 Å². The molecule has 0 unspecified atom stereocenters. The summed E-state index contributed by atoms with van der Waals surface area (Å²) in [7, 11) is 0. The predicted molar refractivity (Wildman–Crippen MR) is 66.9 cm³/mol. The molecule has 3 heteroatoms. The molecule has 0 atom stereocenters. The summed E-state index contributed by atoms with van der Waals surface area (Å²) in [6.45, 7) is 8.60. The van der Waals surface area contributed by atoms with Gasteiger partial charge in [0.25, 0.3) is 0 Å². The van der Waals surface area contributed by atoms with Gasteiger partial charge in [0, 0.05) is 13.5 Å². The quantitative estimate of drug-likeness (QED) is 0.725. The number of carbonyl (C=O) groups is 1. The summed E-state index contributed by atoms with van der Waals surface area (Å²) in [5.74, 6) is 0.0957. The number of nitrogens with one attached hydrogen (secondary N) is 1. The van der Waals surface area contributed by atoms with E-state index in [9.17, 15) is 4.79 Å². The number of carbonyl (C=O) groups excluding carboxylic acids is 1. The molecule has 1 heterocycles. The summed E-state index contributed by atoms with van der Waals surface area (Å²) in [5, 5.41) is 3.37. The fourth-order valence-electron chi connectivity index (χ4n) is 2.29. The molecular formula is C13H18N2O. The Kier molecular flexibility index (Phi) is 2.41. The highest BCUT2D eigenvalue weighted by atomic mass is 16.2. The third-order valence-corrected chi connectivity index (χ3v) is 3.03. The van der Waals surface area contributed by atoms with Gasteiger partial charge in [-0.05, 0) is 38.5 Å². The Morgan fingerprint density at radius 2 is 2.12 bits per heavy atom. The topological polar surface area (TPSA) is 32.3 Å². The molecule has 1 N–H and O–H groups in total. The van der Waals surface area contributed by atoms with Gasteiger partial charge in [0.2, 0.25) is 5.91 Å². The standard InChI is InChI=1S/C13H18N2O/c1-9-5-6-11-12(7-9)15(10(2)16)13(3,4)8-14-11/h5-7,14H,8H2,1-4H3. The molecule has 0 aliphatic carbocycles. The molecule has 0 bridgehead atoms. The first-order chi connectivity index (χ1) is 7.42. The van der Waals surface area contributed by atoms with Crippen molar-refractivity contribution in [3.63, 3.8) is 0 Å². The smallest absolute Gasteiger partial charge is 0.224 e. The maximum absolute atomic E-state index is 11.8. The zero-order valence-electron chi connectivity index (χ0n) is 10.3. The molecule has 0 radical (unpaired) electrons. The minimum absolute atomic E-state index is 0.0957. The summed E-state index contributed by atoms with van der Waals surface area (Å²) >= 11 is 0. The van der Waals surface area contributed by atoms with Gasteiger partial charge in [-0.3, -0.25) is 4.79 Å². The number of benzene rings is 1. The van der Waals surface area contributed by atoms with E-state index in [0.717, 1.165) is 17.9 Å². The Balaban J connectivity index is 2.57. The number of anilines is 2. The zero-order valence-corrected chi connectivity index (χ0v) is 10.3. The number of fused-ring (bicyclic) bond motifs is 1. The minimum Gasteiger partial charge on any atom is -0.381 e. The maximum Gasteiger partial charge on any atom is 0.224 e. The van der Waals surface area contributed by atoms with Crippen LogP contribution >= 0.6 is 0 Å². The second-order valence-electron chi connectivity index (χ2n) is 5.04. The van der Waals surface area contributed by atoms with E-state index >= 15 is 0 Å². The highest BCUT2D eigenvalue weighted by molar-refractivity contribution is 5.97. The first kappa shape index (κ1) is 11.0. The zero-order chi connectivity index (χ0) is 11.9. The van der Waals surface area contributed by atoms with E-state index in [4.69, 9.17) is 0 Å². The highest BCUT2D eigenvalue weighted by Gasteiger charge is 2.35. The number of amides is 1. The van der Waals surface area contributed by atoms with Gasteiger partial charge in [0.1, 0.15) is 0 Å². The van der Waals surface area contributed by atoms with Gasteiger partial charge < -0.3 is 10.2 Å². The second kappa shape index (κ2) is 3.51. The number of aryl methyl sites for hydroxylation is 1. The second-order valence-corrected chi connectivity index (χ2v) is 5.04. The number of hydrogen-bond acceptors (Lipinski definition) is 2. The molecular weight excluding hydrogens is 200 g/mol. The number of hydrogen-bond donors (Lipinski definition) is 1. The van der Waals surface area contributed by atoms with Crippen LogP contribution in [0, 0.1) is 6.92 Å². The molecule has 3 nitrogen and oxygen atoms in total. The van der Waals surface area contributed by atoms with Crippen LogP contribution < -0.4 is 10.2 Å². The molecule has 0 spiro atoms. The average Bonchev–Trinajstić information content (AvgIpc) is 2.15. The summed E-state index contributed by atoms with van der Waals surface area (Å²) < 4.78 is 0. The molecule has 0 saturated carbocycles. The minimum atomic E-state index is -0.174. The SMILES string of the molecule is CC(=O)N1c2cc(C)ccc2NCC1(C)C. The Labute approximate surface area is 96.5 Å². The number of rotatable bonds is 0. The van der Waals surface area contributed by atoms with Gasteiger partial charge in [-0.15, -0.1) is 0 Å². The largest absolute Gasteiger partial charge is 0.381 e. The molecule has 16 heavy (non-hydrogen) atoms. The third kappa shape index (κ3) is 1.66. The van der Waals surface area contributed by atoms with Crippen LogP contribution in [0.25, 0.3) is 0 Å². The molecule has 0 saturated heterocycles. The van der Waals surface area contributed by atoms with Crippen LogP contribution in [0.4, 0.5) is 11.4 Å². The lowest BCUT2D eigenvalue weighted by atomic mass is 9.97. The van der Waals surface area contributed by atoms with Crippen molar-refractivity contribution < 1.29 is 4.79 Å². The Hall–Kier alpha value is -1.51. The van der Waals surface area contributed by atoms with E-state index in [2.05, 4.69) is 31.3 Å². The lowest BCUT2D eigenvalue weighted by Gasteiger charge is -2.43. The molecule has 1 aliphatic rings. The van der Waals surface area contributed by atoms with E-state index in [-0.39, 0.29) is 11.4 Å². The molecule has 0 fully saturated rings. The first-order valence-electron chi connectivity index (χ1n) is 5.57. The molecule has 1 aromatic carbocycles. The van der Waals surface area contributed by atoms with Crippen molar-refractivity contribution >= 4 is 17.3 Å². The van der Waals surface area contributed by atoms with E-state index in [1.165, 1.54) is 5.56 Å². The van der Waals surface area contributed by atoms with Crippen molar-refractivity contribution in [1.29, 1.82) is 0 Å². The predicted octanol–water partition coefficient (Wildman–Crippen LogP) is 2.55. The van der Waals surface area contributed by atoms with Crippen LogP contribution in [0.2, 0.25) is 0 Å². The van der Waals surface area contributed by atoms with Gasteiger partial charge in [0.05, 0.1) is 16.9 Å². The fourth-order valence-corrected chi connectivity index (χ4v) is 2.29. The average molecular weight is 218 g/mol. The lowest BCUT2D eigenvalue weighted by Crippen LogP contribution is -2.54. The van der Waals surface area contributed by atoms with Gasteiger partial charge in [-0.1, -0.05) is 6.07 Å². The van der Waals surface area contributed by atoms with Crippen LogP contribution in [-0.4, -0.2) is 18.0 Å². The normalized spacial score (nSPS) is 17.6. The Morgan fingerprint density at radius 3 is 2.75 bits per heavy atom. The van der Waals surface area contributed by atoms with Crippen molar-refractivity contribution in [3.05, 3.63) is 23.8 Å². The molecule has 1 aromatic rings. The summed E-state index contributed by atoms with van der Waals surface area (Å²) in [6.07, 6.45) is 0. The van der Waals surface area contributed by atoms with E-state index < -0.39 is 0 Å². The number of nitrogens with zero attached hydrogens (tertiary/aromatic N) is 1. The fraction of sp³-hybridized carbons (Fsp3) is 0.462. The third-order valence-electron chi connectivity index (χ3n) is 3.03. The first-order valence-corrected chi connectivity index (χ1v) is 5.57. The molecule has 1 amide bonds. The van der Waals surface area contributed by atoms with Crippen molar-refractivity contribution in [2.24, 2.45) is 0 Å². The van der Waals surface area contributed by atoms with Crippen LogP contribution in [-0.2, 0) is 4.79 Å². The van der Waals surface area contributed by atoms with Gasteiger partial charge >= 0.3 is 0 Å². The Bertz CT molecular complexity index is 438. The molecule has 86 valence electrons. The van der Waals surface area contributed by atoms with Crippen LogP contribution in [0.1, 0.15) is 26.3 Å². The molecule has 0 aromatic heterocycles. The molecule has 2 rings (SSSR count). The maximum atomic E-state index is 11.8. The summed E-state index contributed by atoms with van der Waals surface area (Å²) in [6, 6.07) is 6.16. The van der Waals surface area contributed by atoms with Crippen molar-refractivity contribution in [1.82, 2.24) is 0 Å². The summed E-state index contributed by atoms with van der Waals surface area (Å²) in [5.41, 5.74) is 3.03. The highest BCUT2D eigenvalue weighted by Crippen LogP contribution is 2.36. The van der Waals surface area contributed by atoms with Gasteiger partial charge in [-0.25, -0.2) is 0 Å². The van der Waals surface area contributed by atoms with E-state index in [1.54, 1.807) is 6.92 Å². The van der Waals surface area contributed by atoms with Crippen LogP contribution in [0.3, 0.4) is 0 Å². The van der Waals surface area contributed by atoms with E-state index in [0.29, 0.717) is 0 Å². The van der Waals surface area contributed by atoms with Crippen molar-refractivity contribution in [3.8, 4) is 0 Å². The van der Waals surface area contributed by atoms with Crippen LogP contribution in [0.15, 0.2) is 18.2 Å². The molecule has 1 aliphatic heterocycles. The van der Waals surface area contributed by atoms with E-state index in [1.807, 2.05) is 17.9 Å². The van der Waals surface area contributed by atoms with Crippen LogP contribution in [0.5, 0.6) is 0 Å². The Morgan fingerprint density at radius 1 is 1.44 bits per heavy atom. The monoisotopic (exact) mass is 218 g/mol. The lowest BCUT2D eigenvalue weighted by molar-refractivity contribution is -0.117. The van der Waals surface area contributed by atoms with Crippen molar-refractivity contribution in [2.45, 2.75) is 33.2 Å².